The Kier molecular flexibility index (Phi) is 6.19. The highest BCUT2D eigenvalue weighted by Crippen LogP contribution is 2.13. The van der Waals surface area contributed by atoms with Gasteiger partial charge in [0.15, 0.2) is 5.78 Å². The van der Waals surface area contributed by atoms with Gasteiger partial charge in [0.1, 0.15) is 5.82 Å². The second kappa shape index (κ2) is 8.15. The number of hydrogen-bond acceptors (Lipinski definition) is 2. The van der Waals surface area contributed by atoms with Crippen molar-refractivity contribution in [2.45, 2.75) is 38.5 Å². The van der Waals surface area contributed by atoms with E-state index in [2.05, 4.69) is 11.3 Å². The molecular formula is C17H23FNO. The highest BCUT2D eigenvalue weighted by Gasteiger charge is 2.11. The lowest BCUT2D eigenvalue weighted by molar-refractivity contribution is 0.0974. The van der Waals surface area contributed by atoms with Crippen LogP contribution in [0.15, 0.2) is 24.3 Å². The third kappa shape index (κ3) is 4.71. The molecule has 1 aliphatic rings. The number of carbonyl (C=O) groups excluding carboxylic acids is 1. The number of benzene rings is 1. The van der Waals surface area contributed by atoms with Crippen LogP contribution in [0.5, 0.6) is 0 Å². The molecule has 0 atom stereocenters. The third-order valence-electron chi connectivity index (χ3n) is 3.85. The van der Waals surface area contributed by atoms with Gasteiger partial charge in [0, 0.05) is 6.42 Å². The van der Waals surface area contributed by atoms with Crippen LogP contribution in [0.25, 0.3) is 0 Å². The summed E-state index contributed by atoms with van der Waals surface area (Å²) in [7, 11) is 0. The van der Waals surface area contributed by atoms with Gasteiger partial charge in [-0.3, -0.25) is 4.79 Å². The smallest absolute Gasteiger partial charge is 0.165 e. The van der Waals surface area contributed by atoms with Gasteiger partial charge in [-0.1, -0.05) is 18.6 Å². The summed E-state index contributed by atoms with van der Waals surface area (Å²) >= 11 is 0. The topological polar surface area (TPSA) is 20.3 Å². The van der Waals surface area contributed by atoms with E-state index < -0.39 is 5.82 Å². The molecule has 1 heterocycles. The molecule has 1 fully saturated rings. The molecule has 1 aromatic carbocycles. The average molecular weight is 276 g/mol. The number of piperidine rings is 1. The van der Waals surface area contributed by atoms with Crippen LogP contribution in [0, 0.1) is 12.2 Å². The van der Waals surface area contributed by atoms with Crippen LogP contribution in [-0.2, 0) is 0 Å². The minimum Gasteiger partial charge on any atom is -0.303 e. The molecule has 0 N–H and O–H groups in total. The highest BCUT2D eigenvalue weighted by molar-refractivity contribution is 5.96. The maximum Gasteiger partial charge on any atom is 0.165 e. The zero-order valence-corrected chi connectivity index (χ0v) is 12.0. The quantitative estimate of drug-likeness (QED) is 0.556. The minimum absolute atomic E-state index is 0.0735. The Balaban J connectivity index is 1.61. The number of halogens is 1. The van der Waals surface area contributed by atoms with E-state index in [9.17, 15) is 9.18 Å². The molecule has 1 radical (unpaired) electrons. The Hall–Kier alpha value is -1.22. The van der Waals surface area contributed by atoms with Crippen LogP contribution in [0.3, 0.4) is 0 Å². The largest absolute Gasteiger partial charge is 0.303 e. The van der Waals surface area contributed by atoms with E-state index in [4.69, 9.17) is 0 Å². The Bertz CT molecular complexity index is 427. The molecule has 0 aromatic heterocycles. The van der Waals surface area contributed by atoms with Crippen molar-refractivity contribution in [1.82, 2.24) is 4.90 Å². The zero-order valence-electron chi connectivity index (χ0n) is 12.0. The van der Waals surface area contributed by atoms with Gasteiger partial charge in [-0.25, -0.2) is 4.39 Å². The lowest BCUT2D eigenvalue weighted by Crippen LogP contribution is -2.30. The molecular weight excluding hydrogens is 253 g/mol. The molecule has 2 nitrogen and oxygen atoms in total. The predicted molar refractivity (Wildman–Crippen MR) is 79.2 cm³/mol. The van der Waals surface area contributed by atoms with Crippen molar-refractivity contribution in [3.8, 4) is 0 Å². The van der Waals surface area contributed by atoms with Gasteiger partial charge in [-0.05, 0) is 63.9 Å². The van der Waals surface area contributed by atoms with Crippen molar-refractivity contribution >= 4 is 5.78 Å². The number of unbranched alkanes of at least 4 members (excludes halogenated alkanes) is 2. The summed E-state index contributed by atoms with van der Waals surface area (Å²) in [6.45, 7) is 3.48. The van der Waals surface area contributed by atoms with Crippen LogP contribution in [0.1, 0.15) is 48.9 Å². The number of ketones is 1. The van der Waals surface area contributed by atoms with E-state index in [1.54, 1.807) is 18.2 Å². The lowest BCUT2D eigenvalue weighted by atomic mass is 10.0. The summed E-state index contributed by atoms with van der Waals surface area (Å²) in [4.78, 5) is 14.4. The van der Waals surface area contributed by atoms with Crippen molar-refractivity contribution in [3.63, 3.8) is 0 Å². The van der Waals surface area contributed by atoms with Gasteiger partial charge in [0.25, 0.3) is 0 Å². The van der Waals surface area contributed by atoms with Crippen LogP contribution < -0.4 is 0 Å². The number of nitrogens with zero attached hydrogens (tertiary/aromatic N) is 1. The van der Waals surface area contributed by atoms with Gasteiger partial charge in [0.05, 0.1) is 5.56 Å². The summed E-state index contributed by atoms with van der Waals surface area (Å²) in [5.41, 5.74) is 0.235. The first-order valence-electron chi connectivity index (χ1n) is 7.59. The fourth-order valence-corrected chi connectivity index (χ4v) is 2.65. The number of rotatable bonds is 7. The summed E-state index contributed by atoms with van der Waals surface area (Å²) in [6, 6.07) is 6.24. The normalized spacial score (nSPS) is 16.2. The predicted octanol–water partition coefficient (Wildman–Crippen LogP) is 3.87. The standard InChI is InChI=1S/C17H23FNO/c18-16-10-5-4-9-15(16)17(20)11-3-1-6-12-19-13-7-2-8-14-19/h2,4-5,9-10H,1,3,6-8,11-14H2. The van der Waals surface area contributed by atoms with E-state index in [0.717, 1.165) is 25.8 Å². The maximum atomic E-state index is 13.4. The SMILES string of the molecule is O=C(CCCCCN1CC[CH]CC1)c1ccccc1F. The molecule has 0 saturated carbocycles. The van der Waals surface area contributed by atoms with Crippen LogP contribution in [0.2, 0.25) is 0 Å². The molecule has 2 rings (SSSR count). The average Bonchev–Trinajstić information content (AvgIpc) is 2.48. The molecule has 20 heavy (non-hydrogen) atoms. The Labute approximate surface area is 121 Å². The van der Waals surface area contributed by atoms with Crippen molar-refractivity contribution in [2.24, 2.45) is 0 Å². The number of Topliss-reactive ketones (excluding diaryl/α,β-unsaturated/α-hetero) is 1. The molecule has 0 unspecified atom stereocenters. The summed E-state index contributed by atoms with van der Waals surface area (Å²) in [6.07, 6.45) is 8.23. The van der Waals surface area contributed by atoms with Crippen molar-refractivity contribution in [2.75, 3.05) is 19.6 Å². The Morgan fingerprint density at radius 2 is 1.85 bits per heavy atom. The van der Waals surface area contributed by atoms with Crippen LogP contribution in [0.4, 0.5) is 4.39 Å². The monoisotopic (exact) mass is 276 g/mol. The first kappa shape index (κ1) is 15.2. The molecule has 109 valence electrons. The third-order valence-corrected chi connectivity index (χ3v) is 3.85. The Morgan fingerprint density at radius 3 is 2.60 bits per heavy atom. The minimum atomic E-state index is -0.401. The number of hydrogen-bond donors (Lipinski definition) is 0. The summed E-state index contributed by atoms with van der Waals surface area (Å²) < 4.78 is 13.4. The first-order valence-corrected chi connectivity index (χ1v) is 7.59. The van der Waals surface area contributed by atoms with E-state index in [0.29, 0.717) is 6.42 Å². The van der Waals surface area contributed by atoms with Gasteiger partial charge in [-0.15, -0.1) is 0 Å². The van der Waals surface area contributed by atoms with E-state index in [1.807, 2.05) is 0 Å². The maximum absolute atomic E-state index is 13.4. The highest BCUT2D eigenvalue weighted by atomic mass is 19.1. The summed E-state index contributed by atoms with van der Waals surface area (Å²) in [5.74, 6) is -0.474. The van der Waals surface area contributed by atoms with E-state index in [1.165, 1.54) is 32.0 Å². The molecule has 1 aromatic rings. The molecule has 1 saturated heterocycles. The second-order valence-corrected chi connectivity index (χ2v) is 5.42. The molecule has 1 aliphatic heterocycles. The van der Waals surface area contributed by atoms with Gasteiger partial charge < -0.3 is 4.90 Å². The lowest BCUT2D eigenvalue weighted by Gasteiger charge is -2.26. The molecule has 0 amide bonds. The summed E-state index contributed by atoms with van der Waals surface area (Å²) in [5, 5.41) is 0. The van der Waals surface area contributed by atoms with Crippen molar-refractivity contribution in [1.29, 1.82) is 0 Å². The first-order chi connectivity index (χ1) is 9.77. The molecule has 3 heteroatoms. The van der Waals surface area contributed by atoms with Crippen LogP contribution >= 0.6 is 0 Å². The van der Waals surface area contributed by atoms with Crippen LogP contribution in [-0.4, -0.2) is 30.3 Å². The number of carbonyl (C=O) groups is 1. The van der Waals surface area contributed by atoms with E-state index in [-0.39, 0.29) is 11.3 Å². The zero-order chi connectivity index (χ0) is 14.2. The second-order valence-electron chi connectivity index (χ2n) is 5.42. The van der Waals surface area contributed by atoms with E-state index >= 15 is 0 Å². The number of likely N-dealkylation sites (tertiary alicyclic amines) is 1. The fourth-order valence-electron chi connectivity index (χ4n) is 2.65. The van der Waals surface area contributed by atoms with Crippen molar-refractivity contribution < 1.29 is 9.18 Å². The van der Waals surface area contributed by atoms with Crippen molar-refractivity contribution in [3.05, 3.63) is 42.1 Å². The molecule has 0 spiro atoms. The molecule has 0 aliphatic carbocycles. The fraction of sp³-hybridized carbons (Fsp3) is 0.529. The Morgan fingerprint density at radius 1 is 1.10 bits per heavy atom. The van der Waals surface area contributed by atoms with Gasteiger partial charge in [0.2, 0.25) is 0 Å². The van der Waals surface area contributed by atoms with Gasteiger partial charge >= 0.3 is 0 Å². The van der Waals surface area contributed by atoms with Gasteiger partial charge in [-0.2, -0.15) is 0 Å². The molecule has 0 bridgehead atoms.